The van der Waals surface area contributed by atoms with Crippen molar-refractivity contribution in [3.05, 3.63) is 48.0 Å². The molecule has 11 heteroatoms. The molecule has 0 radical (unpaired) electrons. The van der Waals surface area contributed by atoms with E-state index in [2.05, 4.69) is 51.5 Å². The summed E-state index contributed by atoms with van der Waals surface area (Å²) in [5, 5.41) is 15.8. The van der Waals surface area contributed by atoms with Crippen molar-refractivity contribution in [1.82, 2.24) is 24.5 Å². The molecule has 208 valence electrons. The number of benzene rings is 1. The number of carbonyl (C=O) groups is 2. The molecule has 0 fully saturated rings. The van der Waals surface area contributed by atoms with Gasteiger partial charge in [0.25, 0.3) is 0 Å². The number of carboxylic acids is 2. The molecule has 0 aliphatic heterocycles. The van der Waals surface area contributed by atoms with Gasteiger partial charge >= 0.3 is 11.9 Å². The summed E-state index contributed by atoms with van der Waals surface area (Å²) in [5.74, 6) is -1.14. The van der Waals surface area contributed by atoms with Crippen LogP contribution in [-0.2, 0) is 21.5 Å². The van der Waals surface area contributed by atoms with Crippen molar-refractivity contribution in [3.63, 3.8) is 0 Å². The molecular weight excluding hydrogens is 503 g/mol. The molecule has 3 heterocycles. The van der Waals surface area contributed by atoms with Crippen molar-refractivity contribution < 1.29 is 24.2 Å². The number of aliphatic carboxylic acids is 2. The highest BCUT2D eigenvalue weighted by molar-refractivity contribution is 5.82. The van der Waals surface area contributed by atoms with Crippen molar-refractivity contribution in [2.75, 3.05) is 5.73 Å². The second kappa shape index (κ2) is 11.2. The molecule has 0 saturated heterocycles. The first-order chi connectivity index (χ1) is 18.0. The van der Waals surface area contributed by atoms with Crippen LogP contribution < -0.4 is 5.73 Å². The average molecular weight is 539 g/mol. The number of fused-ring (bicyclic) bond motifs is 1. The lowest BCUT2D eigenvalue weighted by atomic mass is 9.96. The third-order valence-corrected chi connectivity index (χ3v) is 5.60. The topological polar surface area (TPSA) is 160 Å². The second-order valence-corrected chi connectivity index (χ2v) is 11.5. The fourth-order valence-electron chi connectivity index (χ4n) is 3.73. The van der Waals surface area contributed by atoms with Crippen molar-refractivity contribution in [2.24, 2.45) is 5.41 Å². The molecule has 4 rings (SSSR count). The molecular formula is C28H35FN6O4. The van der Waals surface area contributed by atoms with Gasteiger partial charge in [0.05, 0.1) is 24.2 Å². The maximum Gasteiger partial charge on any atom is 0.303 e. The third-order valence-electron chi connectivity index (χ3n) is 5.60. The van der Waals surface area contributed by atoms with Crippen LogP contribution in [0.2, 0.25) is 0 Å². The van der Waals surface area contributed by atoms with E-state index < -0.39 is 11.9 Å². The van der Waals surface area contributed by atoms with Gasteiger partial charge in [-0.3, -0.25) is 14.2 Å². The van der Waals surface area contributed by atoms with Crippen molar-refractivity contribution in [1.29, 1.82) is 0 Å². The summed E-state index contributed by atoms with van der Waals surface area (Å²) in [6.07, 6.45) is -0.593. The van der Waals surface area contributed by atoms with Gasteiger partial charge in [-0.2, -0.15) is 0 Å². The number of pyridine rings is 1. The zero-order valence-electron chi connectivity index (χ0n) is 23.0. The minimum atomic E-state index is -1.08. The molecule has 4 aromatic rings. The Hall–Kier alpha value is -4.28. The predicted molar refractivity (Wildman–Crippen MR) is 148 cm³/mol. The van der Waals surface area contributed by atoms with Gasteiger partial charge in [0.15, 0.2) is 5.65 Å². The molecule has 1 aromatic carbocycles. The Kier molecular flexibility index (Phi) is 8.42. The number of rotatable bonds is 6. The van der Waals surface area contributed by atoms with Crippen LogP contribution in [0.3, 0.4) is 0 Å². The third kappa shape index (κ3) is 7.62. The zero-order chi connectivity index (χ0) is 29.1. The number of imidazole rings is 2. The first kappa shape index (κ1) is 29.3. The monoisotopic (exact) mass is 538 g/mol. The SMILES string of the molecule is CC(C)(C)Cn1c(N)nc2ccc(-c3nc(C(C)(C)C)[nH]c3-c3ccc(F)cc3)nc21.O=C(O)CCC(=O)O. The van der Waals surface area contributed by atoms with E-state index in [1.54, 1.807) is 12.1 Å². The molecule has 3 aromatic heterocycles. The van der Waals surface area contributed by atoms with Gasteiger partial charge in [0.1, 0.15) is 22.9 Å². The molecule has 39 heavy (non-hydrogen) atoms. The summed E-state index contributed by atoms with van der Waals surface area (Å²) in [7, 11) is 0. The fraction of sp³-hybridized carbons (Fsp3) is 0.393. The van der Waals surface area contributed by atoms with Gasteiger partial charge in [-0.1, -0.05) is 41.5 Å². The second-order valence-electron chi connectivity index (χ2n) is 11.5. The van der Waals surface area contributed by atoms with Gasteiger partial charge in [0.2, 0.25) is 5.95 Å². The van der Waals surface area contributed by atoms with Gasteiger partial charge < -0.3 is 20.9 Å². The van der Waals surface area contributed by atoms with E-state index in [1.165, 1.54) is 12.1 Å². The van der Waals surface area contributed by atoms with Crippen LogP contribution in [0.15, 0.2) is 36.4 Å². The number of H-pyrrole nitrogens is 1. The minimum Gasteiger partial charge on any atom is -0.481 e. The summed E-state index contributed by atoms with van der Waals surface area (Å²) >= 11 is 0. The standard InChI is InChI=1S/C24H29FN6.C4H6O4/c1-23(2,3)13-31-20-17(28-22(31)26)12-11-16(27-20)19-18(14-7-9-15(25)10-8-14)29-21(30-19)24(4,5)6;5-3(6)1-2-4(7)8/h7-12H,13H2,1-6H3,(H2,26,28)(H,29,30);1-2H2,(H,5,6)(H,7,8). The number of carboxylic acid groups (broad SMARTS) is 2. The molecule has 0 spiro atoms. The number of hydrogen-bond donors (Lipinski definition) is 4. The maximum atomic E-state index is 13.5. The molecule has 0 unspecified atom stereocenters. The number of aromatic amines is 1. The number of nitrogens with zero attached hydrogens (tertiary/aromatic N) is 4. The Bertz CT molecular complexity index is 1460. The Labute approximate surface area is 226 Å². The highest BCUT2D eigenvalue weighted by atomic mass is 19.1. The summed E-state index contributed by atoms with van der Waals surface area (Å²) in [4.78, 5) is 37.0. The lowest BCUT2D eigenvalue weighted by Gasteiger charge is -2.19. The van der Waals surface area contributed by atoms with Crippen LogP contribution in [0, 0.1) is 11.2 Å². The lowest BCUT2D eigenvalue weighted by Crippen LogP contribution is -2.17. The largest absolute Gasteiger partial charge is 0.481 e. The van der Waals surface area contributed by atoms with Crippen LogP contribution >= 0.6 is 0 Å². The van der Waals surface area contributed by atoms with Crippen molar-refractivity contribution in [3.8, 4) is 22.6 Å². The van der Waals surface area contributed by atoms with E-state index in [4.69, 9.17) is 25.9 Å². The van der Waals surface area contributed by atoms with Crippen LogP contribution in [0.5, 0.6) is 0 Å². The first-order valence-electron chi connectivity index (χ1n) is 12.5. The van der Waals surface area contributed by atoms with E-state index in [9.17, 15) is 14.0 Å². The van der Waals surface area contributed by atoms with Crippen LogP contribution in [0.25, 0.3) is 33.8 Å². The molecule has 5 N–H and O–H groups in total. The number of anilines is 1. The Balaban J connectivity index is 0.000000459. The average Bonchev–Trinajstić information content (AvgIpc) is 3.39. The van der Waals surface area contributed by atoms with E-state index in [0.29, 0.717) is 18.2 Å². The number of hydrogen-bond acceptors (Lipinski definition) is 6. The van der Waals surface area contributed by atoms with Crippen molar-refractivity contribution >= 4 is 29.1 Å². The molecule has 10 nitrogen and oxygen atoms in total. The van der Waals surface area contributed by atoms with E-state index in [0.717, 1.165) is 33.9 Å². The quantitative estimate of drug-likeness (QED) is 0.251. The van der Waals surface area contributed by atoms with E-state index in [1.807, 2.05) is 16.7 Å². The summed E-state index contributed by atoms with van der Waals surface area (Å²) in [5.41, 5.74) is 10.6. The van der Waals surface area contributed by atoms with Gasteiger partial charge in [-0.15, -0.1) is 0 Å². The number of nitrogens with two attached hydrogens (primary N) is 1. The molecule has 0 bridgehead atoms. The Morgan fingerprint density at radius 1 is 0.923 bits per heavy atom. The van der Waals surface area contributed by atoms with Crippen LogP contribution in [-0.4, -0.2) is 46.7 Å². The molecule has 0 saturated carbocycles. The maximum absolute atomic E-state index is 13.5. The first-order valence-corrected chi connectivity index (χ1v) is 12.5. The predicted octanol–water partition coefficient (Wildman–Crippen LogP) is 5.49. The molecule has 0 aliphatic carbocycles. The molecule has 0 atom stereocenters. The summed E-state index contributed by atoms with van der Waals surface area (Å²) < 4.78 is 15.5. The number of nitrogens with one attached hydrogen (secondary N) is 1. The zero-order valence-corrected chi connectivity index (χ0v) is 23.0. The number of nitrogen functional groups attached to an aromatic ring is 1. The molecule has 0 aliphatic rings. The van der Waals surface area contributed by atoms with Gasteiger partial charge in [0, 0.05) is 17.5 Å². The summed E-state index contributed by atoms with van der Waals surface area (Å²) in [6.45, 7) is 13.4. The van der Waals surface area contributed by atoms with Gasteiger partial charge in [-0.05, 0) is 41.8 Å². The summed E-state index contributed by atoms with van der Waals surface area (Å²) in [6, 6.07) is 10.2. The highest BCUT2D eigenvalue weighted by Crippen LogP contribution is 2.34. The highest BCUT2D eigenvalue weighted by Gasteiger charge is 2.24. The fourth-order valence-corrected chi connectivity index (χ4v) is 3.73. The number of halogens is 1. The minimum absolute atomic E-state index is 0.0183. The number of aromatic nitrogens is 5. The smallest absolute Gasteiger partial charge is 0.303 e. The van der Waals surface area contributed by atoms with Crippen LogP contribution in [0.4, 0.5) is 10.3 Å². The van der Waals surface area contributed by atoms with Gasteiger partial charge in [-0.25, -0.2) is 19.3 Å². The van der Waals surface area contributed by atoms with Crippen molar-refractivity contribution in [2.45, 2.75) is 66.3 Å². The van der Waals surface area contributed by atoms with E-state index in [-0.39, 0.29) is 29.5 Å². The normalized spacial score (nSPS) is 11.8. The lowest BCUT2D eigenvalue weighted by molar-refractivity contribution is -0.143. The van der Waals surface area contributed by atoms with E-state index >= 15 is 0 Å². The molecule has 0 amide bonds. The Morgan fingerprint density at radius 3 is 2.03 bits per heavy atom. The Morgan fingerprint density at radius 2 is 1.51 bits per heavy atom. The van der Waals surface area contributed by atoms with Crippen LogP contribution in [0.1, 0.15) is 60.2 Å².